The molecule has 43 heavy (non-hydrogen) atoms. The Hall–Kier alpha value is -4.65. The number of likely N-dealkylation sites (N-methyl/N-ethyl adjacent to an activating group) is 1. The van der Waals surface area contributed by atoms with Crippen LogP contribution in [0.5, 0.6) is 11.5 Å². The lowest BCUT2D eigenvalue weighted by Crippen LogP contribution is -2.26. The fraction of sp³-hybridized carbons (Fsp3) is 0.273. The van der Waals surface area contributed by atoms with E-state index in [1.54, 1.807) is 24.5 Å². The van der Waals surface area contributed by atoms with Crippen LogP contribution in [0.3, 0.4) is 0 Å². The number of halogens is 1. The Balaban J connectivity index is 1.77. The van der Waals surface area contributed by atoms with Crippen molar-refractivity contribution in [1.29, 1.82) is 5.26 Å². The van der Waals surface area contributed by atoms with Crippen LogP contribution in [-0.2, 0) is 11.4 Å². The first-order valence-electron chi connectivity index (χ1n) is 13.9. The van der Waals surface area contributed by atoms with Crippen molar-refractivity contribution < 1.29 is 14.3 Å². The van der Waals surface area contributed by atoms with Gasteiger partial charge in [-0.15, -0.1) is 0 Å². The predicted molar refractivity (Wildman–Crippen MR) is 171 cm³/mol. The normalized spacial score (nSPS) is 11.2. The van der Waals surface area contributed by atoms with Gasteiger partial charge in [0, 0.05) is 48.2 Å². The molecule has 1 N–H and O–H groups in total. The number of carbonyl (C=O) groups excluding carboxylic acids is 1. The van der Waals surface area contributed by atoms with Gasteiger partial charge in [0.1, 0.15) is 24.2 Å². The number of pyridine rings is 2. The summed E-state index contributed by atoms with van der Waals surface area (Å²) in [4.78, 5) is 25.6. The van der Waals surface area contributed by atoms with Crippen LogP contribution < -0.4 is 19.7 Å². The van der Waals surface area contributed by atoms with Crippen LogP contribution in [0, 0.1) is 11.3 Å². The Morgan fingerprint density at radius 3 is 2.58 bits per heavy atom. The van der Waals surface area contributed by atoms with E-state index in [1.165, 1.54) is 6.08 Å². The summed E-state index contributed by atoms with van der Waals surface area (Å²) < 4.78 is 11.8. The van der Waals surface area contributed by atoms with Gasteiger partial charge in [-0.25, -0.2) is 0 Å². The number of anilines is 3. The van der Waals surface area contributed by atoms with E-state index in [1.807, 2.05) is 87.1 Å². The smallest absolute Gasteiger partial charge is 0.248 e. The zero-order valence-corrected chi connectivity index (χ0v) is 25.7. The minimum absolute atomic E-state index is 0.0763. The number of nitrogens with one attached hydrogen (secondary N) is 1. The van der Waals surface area contributed by atoms with Gasteiger partial charge in [0.15, 0.2) is 0 Å². The molecule has 0 bridgehead atoms. The SMILES string of the molecule is CCOc1cc2ncc(C#N)c(N(c3ccc(OCc4ccccn4)c(Cl)c3)C(C)C)c2cc1NC(=O)/C=C/CN(C)C. The Kier molecular flexibility index (Phi) is 10.5. The molecule has 4 rings (SSSR count). The molecular weight excluding hydrogens is 564 g/mol. The van der Waals surface area contributed by atoms with Crippen LogP contribution in [-0.4, -0.2) is 54.1 Å². The summed E-state index contributed by atoms with van der Waals surface area (Å²) in [6.07, 6.45) is 6.54. The molecule has 0 spiro atoms. The number of aromatic nitrogens is 2. The number of amides is 1. The minimum atomic E-state index is -0.290. The number of hydrogen-bond acceptors (Lipinski definition) is 8. The average Bonchev–Trinajstić information content (AvgIpc) is 2.97. The van der Waals surface area contributed by atoms with E-state index in [4.69, 9.17) is 21.1 Å². The standard InChI is InChI=1S/C33H35ClN6O3/c1-6-42-31-18-28-26(17-29(31)38-32(41)11-9-15-39(4)5)33(23(19-35)20-37-28)40(22(2)3)25-12-13-30(27(34)16-25)43-21-24-10-7-8-14-36-24/h7-14,16-18,20,22H,6,15,21H2,1-5H3,(H,38,41)/b11-9+. The monoisotopic (exact) mass is 598 g/mol. The quantitative estimate of drug-likeness (QED) is 0.179. The van der Waals surface area contributed by atoms with Crippen molar-refractivity contribution in [1.82, 2.24) is 14.9 Å². The van der Waals surface area contributed by atoms with Crippen molar-refractivity contribution in [3.05, 3.63) is 89.4 Å². The highest BCUT2D eigenvalue weighted by molar-refractivity contribution is 6.32. The van der Waals surface area contributed by atoms with Gasteiger partial charge in [0.2, 0.25) is 5.91 Å². The Labute approximate surface area is 257 Å². The second-order valence-corrected chi connectivity index (χ2v) is 10.7. The van der Waals surface area contributed by atoms with Crippen LogP contribution >= 0.6 is 11.6 Å². The van der Waals surface area contributed by atoms with Crippen LogP contribution in [0.1, 0.15) is 32.0 Å². The third-order valence-electron chi connectivity index (χ3n) is 6.41. The van der Waals surface area contributed by atoms with Crippen molar-refractivity contribution in [2.75, 3.05) is 37.5 Å². The van der Waals surface area contributed by atoms with Gasteiger partial charge in [-0.3, -0.25) is 14.8 Å². The van der Waals surface area contributed by atoms with E-state index in [9.17, 15) is 10.1 Å². The number of ether oxygens (including phenoxy) is 2. The van der Waals surface area contributed by atoms with Gasteiger partial charge in [-0.05, 0) is 71.3 Å². The number of carbonyl (C=O) groups is 1. The highest BCUT2D eigenvalue weighted by Gasteiger charge is 2.23. The number of rotatable bonds is 12. The van der Waals surface area contributed by atoms with Gasteiger partial charge in [-0.2, -0.15) is 5.26 Å². The Bertz CT molecular complexity index is 1650. The van der Waals surface area contributed by atoms with Crippen LogP contribution in [0.4, 0.5) is 17.1 Å². The average molecular weight is 599 g/mol. The third-order valence-corrected chi connectivity index (χ3v) is 6.71. The summed E-state index contributed by atoms with van der Waals surface area (Å²) >= 11 is 6.70. The predicted octanol–water partition coefficient (Wildman–Crippen LogP) is 6.74. The van der Waals surface area contributed by atoms with Gasteiger partial charge >= 0.3 is 0 Å². The summed E-state index contributed by atoms with van der Waals surface area (Å²) in [6, 6.07) is 17.0. The lowest BCUT2D eigenvalue weighted by Gasteiger charge is -2.31. The number of nitrogens with zero attached hydrogens (tertiary/aromatic N) is 5. The fourth-order valence-electron chi connectivity index (χ4n) is 4.54. The molecule has 1 amide bonds. The maximum Gasteiger partial charge on any atom is 0.248 e. The molecule has 0 saturated heterocycles. The van der Waals surface area contributed by atoms with Gasteiger partial charge in [0.25, 0.3) is 0 Å². The first-order valence-corrected chi connectivity index (χ1v) is 14.3. The summed E-state index contributed by atoms with van der Waals surface area (Å²) in [5.41, 5.74) is 3.66. The molecule has 0 aliphatic rings. The van der Waals surface area contributed by atoms with Crippen LogP contribution in [0.2, 0.25) is 5.02 Å². The molecular formula is C33H35ClN6O3. The zero-order chi connectivity index (χ0) is 30.9. The molecule has 0 aliphatic carbocycles. The van der Waals surface area contributed by atoms with Crippen LogP contribution in [0.25, 0.3) is 10.9 Å². The minimum Gasteiger partial charge on any atom is -0.492 e. The maximum absolute atomic E-state index is 12.8. The molecule has 0 saturated carbocycles. The molecule has 0 aliphatic heterocycles. The van der Waals surface area contributed by atoms with E-state index >= 15 is 0 Å². The number of benzene rings is 2. The molecule has 0 atom stereocenters. The second kappa shape index (κ2) is 14.5. The molecule has 0 unspecified atom stereocenters. The van der Waals surface area contributed by atoms with E-state index in [0.717, 1.165) is 11.4 Å². The molecule has 222 valence electrons. The zero-order valence-electron chi connectivity index (χ0n) is 25.0. The highest BCUT2D eigenvalue weighted by atomic mass is 35.5. The molecule has 4 aromatic rings. The van der Waals surface area contributed by atoms with Crippen molar-refractivity contribution >= 4 is 45.5 Å². The largest absolute Gasteiger partial charge is 0.492 e. The van der Waals surface area contributed by atoms with E-state index in [-0.39, 0.29) is 18.6 Å². The fourth-order valence-corrected chi connectivity index (χ4v) is 4.77. The number of fused-ring (bicyclic) bond motifs is 1. The summed E-state index contributed by atoms with van der Waals surface area (Å²) in [6.45, 7) is 7.24. The molecule has 10 heteroatoms. The first-order chi connectivity index (χ1) is 20.7. The Morgan fingerprint density at radius 1 is 1.12 bits per heavy atom. The lowest BCUT2D eigenvalue weighted by atomic mass is 10.0. The maximum atomic E-state index is 12.8. The van der Waals surface area contributed by atoms with Gasteiger partial charge in [0.05, 0.1) is 39.8 Å². The molecule has 0 fully saturated rings. The second-order valence-electron chi connectivity index (χ2n) is 10.3. The third kappa shape index (κ3) is 7.80. The van der Waals surface area contributed by atoms with Crippen molar-refractivity contribution in [3.63, 3.8) is 0 Å². The Morgan fingerprint density at radius 2 is 1.93 bits per heavy atom. The van der Waals surface area contributed by atoms with Gasteiger partial charge in [-0.1, -0.05) is 23.7 Å². The van der Waals surface area contributed by atoms with E-state index in [0.29, 0.717) is 57.5 Å². The number of hydrogen-bond donors (Lipinski definition) is 1. The van der Waals surface area contributed by atoms with Crippen molar-refractivity contribution in [2.45, 2.75) is 33.4 Å². The van der Waals surface area contributed by atoms with Crippen molar-refractivity contribution in [3.8, 4) is 17.6 Å². The summed E-state index contributed by atoms with van der Waals surface area (Å²) in [7, 11) is 3.85. The molecule has 2 heterocycles. The summed E-state index contributed by atoms with van der Waals surface area (Å²) in [5, 5.41) is 14.2. The number of nitriles is 1. The molecule has 0 radical (unpaired) electrons. The van der Waals surface area contributed by atoms with Gasteiger partial charge < -0.3 is 24.6 Å². The first kappa shape index (κ1) is 31.3. The lowest BCUT2D eigenvalue weighted by molar-refractivity contribution is -0.111. The van der Waals surface area contributed by atoms with E-state index < -0.39 is 0 Å². The van der Waals surface area contributed by atoms with Crippen LogP contribution in [0.15, 0.2) is 73.1 Å². The highest BCUT2D eigenvalue weighted by Crippen LogP contribution is 2.41. The molecule has 2 aromatic heterocycles. The topological polar surface area (TPSA) is 104 Å². The summed E-state index contributed by atoms with van der Waals surface area (Å²) in [5.74, 6) is 0.719. The van der Waals surface area contributed by atoms with E-state index in [2.05, 4.69) is 21.4 Å². The molecule has 9 nitrogen and oxygen atoms in total. The van der Waals surface area contributed by atoms with Crippen molar-refractivity contribution in [2.24, 2.45) is 0 Å². The molecule has 2 aromatic carbocycles.